The molecule has 3 N–H and O–H groups in total. The lowest BCUT2D eigenvalue weighted by Crippen LogP contribution is -2.46. The summed E-state index contributed by atoms with van der Waals surface area (Å²) in [6.45, 7) is 1.61. The van der Waals surface area contributed by atoms with Crippen molar-refractivity contribution in [3.05, 3.63) is 28.2 Å². The molecule has 2 aliphatic rings. The summed E-state index contributed by atoms with van der Waals surface area (Å²) >= 11 is 3.49. The second-order valence-electron chi connectivity index (χ2n) is 4.54. The van der Waals surface area contributed by atoms with Gasteiger partial charge >= 0.3 is 0 Å². The summed E-state index contributed by atoms with van der Waals surface area (Å²) in [5, 5.41) is 3.58. The van der Waals surface area contributed by atoms with Gasteiger partial charge in [-0.3, -0.25) is 0 Å². The number of nitrogens with one attached hydrogen (secondary N) is 1. The molecule has 1 saturated heterocycles. The van der Waals surface area contributed by atoms with E-state index in [0.717, 1.165) is 24.1 Å². The summed E-state index contributed by atoms with van der Waals surface area (Å²) in [5.41, 5.74) is 8.69. The van der Waals surface area contributed by atoms with Crippen LogP contribution < -0.4 is 11.1 Å². The van der Waals surface area contributed by atoms with Crippen LogP contribution in [-0.2, 0) is 4.74 Å². The van der Waals surface area contributed by atoms with Crippen LogP contribution in [0.15, 0.2) is 22.7 Å². The fourth-order valence-electron chi connectivity index (χ4n) is 2.67. The average Bonchev–Trinajstić information content (AvgIpc) is 2.29. The van der Waals surface area contributed by atoms with Gasteiger partial charge in [0.2, 0.25) is 0 Å². The standard InChI is InChI=1S/C12H15BrN2O/c13-7-1-2-8-11(5-7)15-10-3-4-16-6-9(10)12(8)14/h1-2,5,9-10,12,15H,3-4,6,14H2. The molecule has 2 heterocycles. The smallest absolute Gasteiger partial charge is 0.0532 e. The molecule has 0 aliphatic carbocycles. The van der Waals surface area contributed by atoms with E-state index in [4.69, 9.17) is 10.5 Å². The minimum Gasteiger partial charge on any atom is -0.381 e. The third-order valence-corrected chi connectivity index (χ3v) is 4.07. The van der Waals surface area contributed by atoms with Crippen LogP contribution in [0.3, 0.4) is 0 Å². The zero-order valence-corrected chi connectivity index (χ0v) is 10.5. The van der Waals surface area contributed by atoms with Crippen LogP contribution >= 0.6 is 15.9 Å². The van der Waals surface area contributed by atoms with Crippen LogP contribution in [0.25, 0.3) is 0 Å². The van der Waals surface area contributed by atoms with Crippen molar-refractivity contribution in [3.8, 4) is 0 Å². The first kappa shape index (κ1) is 10.6. The van der Waals surface area contributed by atoms with E-state index in [1.807, 2.05) is 6.07 Å². The van der Waals surface area contributed by atoms with Crippen LogP contribution in [0.5, 0.6) is 0 Å². The van der Waals surface area contributed by atoms with Crippen molar-refractivity contribution in [2.24, 2.45) is 11.7 Å². The van der Waals surface area contributed by atoms with Gasteiger partial charge in [0, 0.05) is 34.8 Å². The second-order valence-corrected chi connectivity index (χ2v) is 5.45. The maximum Gasteiger partial charge on any atom is 0.0532 e. The molecule has 0 radical (unpaired) electrons. The number of anilines is 1. The number of nitrogens with two attached hydrogens (primary N) is 1. The Hall–Kier alpha value is -0.580. The van der Waals surface area contributed by atoms with Gasteiger partial charge < -0.3 is 15.8 Å². The Kier molecular flexibility index (Phi) is 2.65. The van der Waals surface area contributed by atoms with Crippen molar-refractivity contribution in [3.63, 3.8) is 0 Å². The monoisotopic (exact) mass is 282 g/mol. The molecule has 0 amide bonds. The Morgan fingerprint density at radius 1 is 1.44 bits per heavy atom. The topological polar surface area (TPSA) is 47.3 Å². The molecule has 1 aromatic carbocycles. The molecular formula is C12H15BrN2O. The number of rotatable bonds is 0. The third kappa shape index (κ3) is 1.65. The van der Waals surface area contributed by atoms with Gasteiger partial charge in [0.05, 0.1) is 6.61 Å². The van der Waals surface area contributed by atoms with Crippen LogP contribution in [0.2, 0.25) is 0 Å². The molecule has 0 aromatic heterocycles. The van der Waals surface area contributed by atoms with Gasteiger partial charge in [0.1, 0.15) is 0 Å². The van der Waals surface area contributed by atoms with Crippen LogP contribution in [0.1, 0.15) is 18.0 Å². The minimum atomic E-state index is 0.0923. The highest BCUT2D eigenvalue weighted by Crippen LogP contribution is 2.39. The molecule has 0 spiro atoms. The number of benzene rings is 1. The summed E-state index contributed by atoms with van der Waals surface area (Å²) < 4.78 is 6.61. The molecule has 4 heteroatoms. The molecule has 16 heavy (non-hydrogen) atoms. The molecule has 3 rings (SSSR count). The average molecular weight is 283 g/mol. The molecule has 2 aliphatic heterocycles. The van der Waals surface area contributed by atoms with E-state index in [1.165, 1.54) is 11.3 Å². The van der Waals surface area contributed by atoms with Gasteiger partial charge in [-0.2, -0.15) is 0 Å². The zero-order chi connectivity index (χ0) is 11.1. The maximum absolute atomic E-state index is 6.32. The first-order chi connectivity index (χ1) is 7.75. The highest BCUT2D eigenvalue weighted by Gasteiger charge is 2.36. The van der Waals surface area contributed by atoms with Gasteiger partial charge in [-0.25, -0.2) is 0 Å². The number of hydrogen-bond acceptors (Lipinski definition) is 3. The first-order valence-corrected chi connectivity index (χ1v) is 6.44. The van der Waals surface area contributed by atoms with Gasteiger partial charge in [0.15, 0.2) is 0 Å². The highest BCUT2D eigenvalue weighted by atomic mass is 79.9. The van der Waals surface area contributed by atoms with E-state index in [-0.39, 0.29) is 6.04 Å². The lowest BCUT2D eigenvalue weighted by molar-refractivity contribution is 0.0342. The quantitative estimate of drug-likeness (QED) is 0.768. The Morgan fingerprint density at radius 2 is 2.31 bits per heavy atom. The molecule has 86 valence electrons. The Labute approximate surface area is 103 Å². The minimum absolute atomic E-state index is 0.0923. The predicted octanol–water partition coefficient (Wildman–Crippen LogP) is 2.28. The van der Waals surface area contributed by atoms with E-state index >= 15 is 0 Å². The number of halogens is 1. The van der Waals surface area contributed by atoms with Gasteiger partial charge in [-0.15, -0.1) is 0 Å². The molecule has 0 bridgehead atoms. The molecular weight excluding hydrogens is 268 g/mol. The first-order valence-electron chi connectivity index (χ1n) is 5.65. The van der Waals surface area contributed by atoms with Crippen molar-refractivity contribution in [1.29, 1.82) is 0 Å². The lowest BCUT2D eigenvalue weighted by Gasteiger charge is -2.41. The SMILES string of the molecule is NC1c2ccc(Br)cc2NC2CCOCC21. The van der Waals surface area contributed by atoms with E-state index in [2.05, 4.69) is 33.4 Å². The predicted molar refractivity (Wildman–Crippen MR) is 67.4 cm³/mol. The second kappa shape index (κ2) is 4.02. The van der Waals surface area contributed by atoms with Crippen molar-refractivity contribution < 1.29 is 4.74 Å². The Morgan fingerprint density at radius 3 is 3.19 bits per heavy atom. The van der Waals surface area contributed by atoms with Gasteiger partial charge in [0.25, 0.3) is 0 Å². The van der Waals surface area contributed by atoms with Gasteiger partial charge in [-0.1, -0.05) is 22.0 Å². The largest absolute Gasteiger partial charge is 0.381 e. The van der Waals surface area contributed by atoms with Gasteiger partial charge in [-0.05, 0) is 24.1 Å². The fraction of sp³-hybridized carbons (Fsp3) is 0.500. The normalized spacial score (nSPS) is 32.5. The van der Waals surface area contributed by atoms with Crippen LogP contribution in [0.4, 0.5) is 5.69 Å². The van der Waals surface area contributed by atoms with E-state index in [0.29, 0.717) is 12.0 Å². The molecule has 3 unspecified atom stereocenters. The fourth-order valence-corrected chi connectivity index (χ4v) is 3.03. The maximum atomic E-state index is 6.32. The van der Waals surface area contributed by atoms with Crippen molar-refractivity contribution in [2.45, 2.75) is 18.5 Å². The van der Waals surface area contributed by atoms with E-state index in [1.54, 1.807) is 0 Å². The van der Waals surface area contributed by atoms with Crippen LogP contribution in [-0.4, -0.2) is 19.3 Å². The van der Waals surface area contributed by atoms with Crippen LogP contribution in [0, 0.1) is 5.92 Å². The zero-order valence-electron chi connectivity index (χ0n) is 8.95. The lowest BCUT2D eigenvalue weighted by atomic mass is 9.81. The number of ether oxygens (including phenoxy) is 1. The number of hydrogen-bond donors (Lipinski definition) is 2. The highest BCUT2D eigenvalue weighted by molar-refractivity contribution is 9.10. The van der Waals surface area contributed by atoms with E-state index < -0.39 is 0 Å². The van der Waals surface area contributed by atoms with E-state index in [9.17, 15) is 0 Å². The summed E-state index contributed by atoms with van der Waals surface area (Å²) in [7, 11) is 0. The van der Waals surface area contributed by atoms with Crippen molar-refractivity contribution in [2.75, 3.05) is 18.5 Å². The Balaban J connectivity index is 1.99. The molecule has 1 aromatic rings. The molecule has 3 nitrogen and oxygen atoms in total. The molecule has 1 fully saturated rings. The summed E-state index contributed by atoms with van der Waals surface area (Å²) in [5.74, 6) is 0.405. The third-order valence-electron chi connectivity index (χ3n) is 3.58. The van der Waals surface area contributed by atoms with Crippen molar-refractivity contribution in [1.82, 2.24) is 0 Å². The molecule has 3 atom stereocenters. The number of fused-ring (bicyclic) bond motifs is 2. The Bertz CT molecular complexity index is 410. The van der Waals surface area contributed by atoms with Crippen molar-refractivity contribution >= 4 is 21.6 Å². The summed E-state index contributed by atoms with van der Waals surface area (Å²) in [6, 6.07) is 6.81. The molecule has 0 saturated carbocycles. The summed E-state index contributed by atoms with van der Waals surface area (Å²) in [6.07, 6.45) is 1.05. The summed E-state index contributed by atoms with van der Waals surface area (Å²) in [4.78, 5) is 0.